The Kier molecular flexibility index (Phi) is 3.81. The van der Waals surface area contributed by atoms with Crippen LogP contribution in [-0.4, -0.2) is 23.7 Å². The van der Waals surface area contributed by atoms with Crippen LogP contribution in [0.4, 0.5) is 5.82 Å². The van der Waals surface area contributed by atoms with E-state index in [1.54, 1.807) is 0 Å². The monoisotopic (exact) mass is 326 g/mol. The van der Waals surface area contributed by atoms with E-state index in [4.69, 9.17) is 58.0 Å². The van der Waals surface area contributed by atoms with Crippen molar-refractivity contribution in [2.75, 3.05) is 0 Å². The molecular weight excluding hydrogens is 325 g/mol. The van der Waals surface area contributed by atoms with Gasteiger partial charge in [0.25, 0.3) is 0 Å². The third kappa shape index (κ3) is 2.31. The van der Waals surface area contributed by atoms with Gasteiger partial charge >= 0.3 is 5.82 Å². The molecule has 0 spiro atoms. The smallest absolute Gasteiger partial charge is 0.358 e. The molecule has 1 rings (SSSR count). The van der Waals surface area contributed by atoms with E-state index in [0.717, 1.165) is 4.68 Å². The van der Waals surface area contributed by atoms with Gasteiger partial charge in [0.15, 0.2) is 5.69 Å². The summed E-state index contributed by atoms with van der Waals surface area (Å²) in [5.41, 5.74) is -0.305. The molecule has 0 saturated heterocycles. The van der Waals surface area contributed by atoms with Crippen molar-refractivity contribution in [3.05, 3.63) is 15.8 Å². The molecule has 0 N–H and O–H groups in total. The molecule has 16 heavy (non-hydrogen) atoms. The van der Waals surface area contributed by atoms with E-state index >= 15 is 0 Å². The van der Waals surface area contributed by atoms with Crippen LogP contribution < -0.4 is 0 Å². The first-order valence-electron chi connectivity index (χ1n) is 3.58. The zero-order valence-electron chi connectivity index (χ0n) is 7.50. The summed E-state index contributed by atoms with van der Waals surface area (Å²) in [7, 11) is 1.34. The molecule has 0 bridgehead atoms. The molecule has 11 heteroatoms. The van der Waals surface area contributed by atoms with Crippen molar-refractivity contribution in [3.63, 3.8) is 0 Å². The molecule has 0 atom stereocenters. The number of rotatable bonds is 2. The van der Waals surface area contributed by atoms with E-state index in [2.05, 4.69) is 10.3 Å². The Morgan fingerprint density at radius 2 is 1.81 bits per heavy atom. The number of hydrogen-bond acceptors (Lipinski definition) is 4. The lowest BCUT2D eigenvalue weighted by atomic mass is 10.3. The van der Waals surface area contributed by atoms with E-state index < -0.39 is 18.9 Å². The maximum Gasteiger partial charge on any atom is 0.417 e. The molecule has 0 saturated carbocycles. The SMILES string of the molecule is Cn1nnc([N+](=O)[O-])c1C(Cl)(Cl)C(Cl)(Cl)Cl. The predicted molar refractivity (Wildman–Crippen MR) is 61.3 cm³/mol. The van der Waals surface area contributed by atoms with Crippen LogP contribution in [-0.2, 0) is 11.4 Å². The van der Waals surface area contributed by atoms with Gasteiger partial charge in [0, 0.05) is 7.05 Å². The van der Waals surface area contributed by atoms with Crippen molar-refractivity contribution >= 4 is 63.8 Å². The average Bonchev–Trinajstić information content (AvgIpc) is 2.45. The number of aromatic nitrogens is 3. The van der Waals surface area contributed by atoms with Crippen molar-refractivity contribution in [1.29, 1.82) is 0 Å². The summed E-state index contributed by atoms with van der Waals surface area (Å²) in [4.78, 5) is 9.83. The van der Waals surface area contributed by atoms with Gasteiger partial charge in [0.2, 0.25) is 8.13 Å². The molecule has 0 aliphatic heterocycles. The van der Waals surface area contributed by atoms with Gasteiger partial charge in [-0.3, -0.25) is 0 Å². The number of halogens is 5. The Balaban J connectivity index is 3.43. The Bertz CT molecular complexity index is 425. The van der Waals surface area contributed by atoms with Crippen molar-refractivity contribution in [1.82, 2.24) is 15.0 Å². The highest BCUT2D eigenvalue weighted by Gasteiger charge is 2.54. The second-order valence-electron chi connectivity index (χ2n) is 2.71. The first-order chi connectivity index (χ1) is 7.09. The van der Waals surface area contributed by atoms with Crippen LogP contribution in [0.5, 0.6) is 0 Å². The summed E-state index contributed by atoms with van der Waals surface area (Å²) < 4.78 is -3.34. The topological polar surface area (TPSA) is 73.8 Å². The second-order valence-corrected chi connectivity index (χ2v) is 6.32. The third-order valence-electron chi connectivity index (χ3n) is 1.64. The third-order valence-corrected chi connectivity index (χ3v) is 3.99. The molecule has 1 aromatic heterocycles. The molecule has 0 unspecified atom stereocenters. The van der Waals surface area contributed by atoms with Crippen molar-refractivity contribution in [3.8, 4) is 0 Å². The predicted octanol–water partition coefficient (Wildman–Crippen LogP) is 2.72. The van der Waals surface area contributed by atoms with Gasteiger partial charge in [-0.25, -0.2) is 4.68 Å². The number of aryl methyl sites for hydroxylation is 1. The summed E-state index contributed by atoms with van der Waals surface area (Å²) >= 11 is 28.2. The number of hydrogen-bond donors (Lipinski definition) is 0. The minimum atomic E-state index is -2.17. The van der Waals surface area contributed by atoms with Crippen molar-refractivity contribution in [2.45, 2.75) is 8.13 Å². The van der Waals surface area contributed by atoms with E-state index in [1.807, 2.05) is 0 Å². The van der Waals surface area contributed by atoms with Gasteiger partial charge in [-0.15, -0.1) is 0 Å². The largest absolute Gasteiger partial charge is 0.417 e. The number of nitrogens with zero attached hydrogens (tertiary/aromatic N) is 4. The fraction of sp³-hybridized carbons (Fsp3) is 0.600. The van der Waals surface area contributed by atoms with Crippen LogP contribution in [0, 0.1) is 10.1 Å². The zero-order chi connectivity index (χ0) is 12.7. The molecule has 1 aromatic rings. The minimum Gasteiger partial charge on any atom is -0.358 e. The maximum atomic E-state index is 10.7. The Labute approximate surface area is 114 Å². The lowest BCUT2D eigenvalue weighted by molar-refractivity contribution is -0.390. The molecule has 0 aromatic carbocycles. The lowest BCUT2D eigenvalue weighted by Gasteiger charge is -2.25. The van der Waals surface area contributed by atoms with Crippen LogP contribution in [0.25, 0.3) is 0 Å². The maximum absolute atomic E-state index is 10.7. The van der Waals surface area contributed by atoms with E-state index in [-0.39, 0.29) is 5.69 Å². The summed E-state index contributed by atoms with van der Waals surface area (Å²) in [6.07, 6.45) is 0. The summed E-state index contributed by atoms with van der Waals surface area (Å²) in [5, 5.41) is 17.3. The van der Waals surface area contributed by atoms with Gasteiger partial charge in [-0.05, 0) is 4.92 Å². The molecular formula is C5H3Cl5N4O2. The summed E-state index contributed by atoms with van der Waals surface area (Å²) in [5.74, 6) is -0.668. The normalized spacial score (nSPS) is 12.9. The first kappa shape index (κ1) is 14.1. The van der Waals surface area contributed by atoms with Gasteiger partial charge < -0.3 is 10.1 Å². The molecule has 6 nitrogen and oxygen atoms in total. The Hall–Kier alpha value is -0.01000. The molecule has 1 heterocycles. The minimum absolute atomic E-state index is 0.305. The van der Waals surface area contributed by atoms with E-state index in [1.165, 1.54) is 7.05 Å². The van der Waals surface area contributed by atoms with Crippen LogP contribution >= 0.6 is 58.0 Å². The van der Waals surface area contributed by atoms with Crippen molar-refractivity contribution < 1.29 is 4.92 Å². The second kappa shape index (κ2) is 4.34. The summed E-state index contributed by atoms with van der Waals surface area (Å²) in [6.45, 7) is 0. The molecule has 0 aliphatic carbocycles. The van der Waals surface area contributed by atoms with Gasteiger partial charge in [0.05, 0.1) is 5.21 Å². The van der Waals surface area contributed by atoms with E-state index in [9.17, 15) is 10.1 Å². The Morgan fingerprint density at radius 3 is 2.19 bits per heavy atom. The molecule has 0 amide bonds. The Morgan fingerprint density at radius 1 is 1.31 bits per heavy atom. The molecule has 0 aliphatic rings. The lowest BCUT2D eigenvalue weighted by Crippen LogP contribution is -2.31. The van der Waals surface area contributed by atoms with Gasteiger partial charge in [-0.1, -0.05) is 58.0 Å². The van der Waals surface area contributed by atoms with Crippen LogP contribution in [0.15, 0.2) is 0 Å². The van der Waals surface area contributed by atoms with Gasteiger partial charge in [0.1, 0.15) is 5.10 Å². The highest BCUT2D eigenvalue weighted by molar-refractivity contribution is 6.75. The highest BCUT2D eigenvalue weighted by Crippen LogP contribution is 2.54. The zero-order valence-corrected chi connectivity index (χ0v) is 11.3. The van der Waals surface area contributed by atoms with E-state index in [0.29, 0.717) is 0 Å². The molecule has 90 valence electrons. The van der Waals surface area contributed by atoms with Crippen molar-refractivity contribution in [2.24, 2.45) is 7.05 Å². The molecule has 0 fully saturated rings. The number of nitro groups is 1. The first-order valence-corrected chi connectivity index (χ1v) is 5.47. The standard InChI is InChI=1S/C5H3Cl5N4O2/c1-13-2(3(11-12-13)14(15)16)4(6,7)5(8,9)10/h1H3. The summed E-state index contributed by atoms with van der Waals surface area (Å²) in [6, 6.07) is 0. The van der Waals surface area contributed by atoms with Crippen LogP contribution in [0.1, 0.15) is 5.69 Å². The fourth-order valence-corrected chi connectivity index (χ4v) is 1.63. The molecule has 0 radical (unpaired) electrons. The number of alkyl halides is 5. The van der Waals surface area contributed by atoms with Crippen LogP contribution in [0.2, 0.25) is 0 Å². The average molecular weight is 328 g/mol. The highest BCUT2D eigenvalue weighted by atomic mass is 35.6. The van der Waals surface area contributed by atoms with Gasteiger partial charge in [-0.2, -0.15) is 0 Å². The van der Waals surface area contributed by atoms with Crippen LogP contribution in [0.3, 0.4) is 0 Å². The quantitative estimate of drug-likeness (QED) is 0.475. The fourth-order valence-electron chi connectivity index (χ4n) is 0.947.